The number of amides is 1. The molecule has 0 aromatic heterocycles. The summed E-state index contributed by atoms with van der Waals surface area (Å²) in [7, 11) is 1.71. The highest BCUT2D eigenvalue weighted by Crippen LogP contribution is 2.68. The number of rotatable bonds is 11. The highest BCUT2D eigenvalue weighted by molar-refractivity contribution is 6.09. The van der Waals surface area contributed by atoms with E-state index in [1.54, 1.807) is 18.3 Å². The second-order valence-corrected chi connectivity index (χ2v) is 26.5. The summed E-state index contributed by atoms with van der Waals surface area (Å²) < 4.78 is 25.4. The monoisotopic (exact) mass is 1060 g/mol. The Balaban J connectivity index is 0.708. The minimum atomic E-state index is -0.882. The van der Waals surface area contributed by atoms with Crippen molar-refractivity contribution in [2.45, 2.75) is 129 Å². The molecule has 3 aliphatic heterocycles. The van der Waals surface area contributed by atoms with Gasteiger partial charge in [0.2, 0.25) is 0 Å². The largest absolute Gasteiger partial charge is 0.497 e. The predicted molar refractivity (Wildman–Crippen MR) is 321 cm³/mol. The molecule has 3 saturated carbocycles. The van der Waals surface area contributed by atoms with Crippen molar-refractivity contribution in [1.82, 2.24) is 4.90 Å². The van der Waals surface area contributed by atoms with Crippen LogP contribution in [0.1, 0.15) is 140 Å². The first-order chi connectivity index (χ1) is 38.2. The average Bonchev–Trinajstić information content (AvgIpc) is 3.76. The van der Waals surface area contributed by atoms with Gasteiger partial charge in [0.1, 0.15) is 17.6 Å². The van der Waals surface area contributed by atoms with Crippen molar-refractivity contribution in [3.63, 3.8) is 0 Å². The minimum Gasteiger partial charge on any atom is -0.497 e. The molecule has 0 bridgehead atoms. The van der Waals surface area contributed by atoms with Gasteiger partial charge in [-0.05, 0) is 168 Å². The maximum absolute atomic E-state index is 14.1. The second kappa shape index (κ2) is 20.2. The lowest BCUT2D eigenvalue weighted by Gasteiger charge is -2.58. The van der Waals surface area contributed by atoms with E-state index in [9.17, 15) is 4.79 Å². The Labute approximate surface area is 471 Å². The first kappa shape index (κ1) is 52.4. The van der Waals surface area contributed by atoms with E-state index in [0.717, 1.165) is 116 Å². The molecule has 0 spiro atoms. The van der Waals surface area contributed by atoms with Gasteiger partial charge in [0, 0.05) is 84.6 Å². The zero-order valence-corrected chi connectivity index (χ0v) is 48.4. The Morgan fingerprint density at radius 3 is 2.23 bits per heavy atom. The van der Waals surface area contributed by atoms with Gasteiger partial charge < -0.3 is 33.6 Å². The lowest BCUT2D eigenvalue weighted by molar-refractivity contribution is -0.0487. The van der Waals surface area contributed by atoms with Gasteiger partial charge in [0.25, 0.3) is 0 Å². The lowest BCUT2D eigenvalue weighted by atomic mass is 9.47. The standard InChI is InChI=1S/C71H85N3O5/c1-46(2)12-11-13-47(3)60-28-29-62-57-26-20-50-44-54(30-33-69(50,6)63(57)32-34-70(60,62)7)78-67(75)74-38-36-72(37-39-74)52-23-27-61-59(45-52)64-55-14-9-10-15-56(55)66-58(65(64)68(61,4)5)31-35-71(79-66,49-18-24-53(76-8)25-19-49)48-16-21-51(22-17-48)73-40-42-77-43-41-73/h9-10,14-25,27,31,35,45-46,54,57,60,62-63H,3,11-13,26,28-30,32-34,36-44H2,1-2,4-8H3/t54-,57-,60+,62-,63-,69-,70-,71+/m0/s1. The fourth-order valence-electron chi connectivity index (χ4n) is 17.4. The van der Waals surface area contributed by atoms with Crippen molar-refractivity contribution in [3.8, 4) is 22.6 Å². The molecule has 8 heteroatoms. The molecule has 0 N–H and O–H groups in total. The van der Waals surface area contributed by atoms with E-state index in [4.69, 9.17) is 25.5 Å². The molecule has 2 saturated heterocycles. The quantitative estimate of drug-likeness (QED) is 0.122. The summed E-state index contributed by atoms with van der Waals surface area (Å²) in [6.07, 6.45) is 20.4. The summed E-state index contributed by atoms with van der Waals surface area (Å²) in [4.78, 5) is 20.9. The Kier molecular flexibility index (Phi) is 13.4. The van der Waals surface area contributed by atoms with Crippen LogP contribution in [0, 0.1) is 40.4 Å². The van der Waals surface area contributed by atoms with Gasteiger partial charge in [-0.25, -0.2) is 4.79 Å². The van der Waals surface area contributed by atoms with E-state index >= 15 is 0 Å². The van der Waals surface area contributed by atoms with E-state index < -0.39 is 5.60 Å². The Hall–Kier alpha value is -5.99. The van der Waals surface area contributed by atoms with Gasteiger partial charge in [-0.1, -0.05) is 132 Å². The van der Waals surface area contributed by atoms with E-state index in [1.807, 2.05) is 17.0 Å². The average molecular weight is 1060 g/mol. The smallest absolute Gasteiger partial charge is 0.410 e. The number of carbonyl (C=O) groups excluding carboxylic acids is 1. The third kappa shape index (κ3) is 8.74. The summed E-state index contributed by atoms with van der Waals surface area (Å²) in [6.45, 7) is 25.5. The van der Waals surface area contributed by atoms with Crippen LogP contribution in [-0.2, 0) is 20.5 Å². The van der Waals surface area contributed by atoms with Gasteiger partial charge in [-0.3, -0.25) is 0 Å². The molecule has 3 heterocycles. The molecule has 8 aliphatic rings. The van der Waals surface area contributed by atoms with Crippen LogP contribution in [0.5, 0.6) is 11.5 Å². The number of nitrogens with zero attached hydrogens (tertiary/aromatic N) is 3. The molecule has 414 valence electrons. The number of allylic oxidation sites excluding steroid dienone is 2. The van der Waals surface area contributed by atoms with Crippen molar-refractivity contribution in [3.05, 3.63) is 149 Å². The number of benzene rings is 5. The number of piperazine rings is 1. The fraction of sp³-hybridized carbons (Fsp3) is 0.507. The van der Waals surface area contributed by atoms with Crippen LogP contribution in [-0.4, -0.2) is 76.7 Å². The van der Waals surface area contributed by atoms with Crippen molar-refractivity contribution in [1.29, 1.82) is 0 Å². The fourth-order valence-corrected chi connectivity index (χ4v) is 17.4. The SMILES string of the molecule is C=C(CCCC(C)C)[C@H]1CC[C@H]2[C@@H]3CC=C4C[C@@H](OC(=O)N5CCN(c6ccc7c(c6)-c6c(c8c(c9ccccc69)O[C@@](c6ccc(OC)cc6)(c6ccc(N9CCOCC9)cc6)C=C8)C7(C)C)CC5)CC[C@]4(C)[C@H]3CC[C@@]12C. The zero-order chi connectivity index (χ0) is 54.4. The van der Waals surface area contributed by atoms with E-state index in [-0.39, 0.29) is 23.0 Å². The van der Waals surface area contributed by atoms with Crippen molar-refractivity contribution in [2.24, 2.45) is 40.4 Å². The number of ether oxygens (including phenoxy) is 4. The molecule has 8 atom stereocenters. The predicted octanol–water partition coefficient (Wildman–Crippen LogP) is 15.9. The number of morpholine rings is 1. The lowest BCUT2D eigenvalue weighted by Crippen LogP contribution is -2.51. The summed E-state index contributed by atoms with van der Waals surface area (Å²) in [5.74, 6) is 5.47. The number of hydrogen-bond donors (Lipinski definition) is 0. The van der Waals surface area contributed by atoms with Crippen LogP contribution in [0.3, 0.4) is 0 Å². The Morgan fingerprint density at radius 2 is 1.49 bits per heavy atom. The molecule has 0 unspecified atom stereocenters. The summed E-state index contributed by atoms with van der Waals surface area (Å²) in [6, 6.07) is 33.2. The van der Waals surface area contributed by atoms with Crippen LogP contribution in [0.25, 0.3) is 28.0 Å². The summed E-state index contributed by atoms with van der Waals surface area (Å²) in [5, 5.41) is 2.30. The molecule has 8 nitrogen and oxygen atoms in total. The van der Waals surface area contributed by atoms with Gasteiger partial charge >= 0.3 is 6.09 Å². The van der Waals surface area contributed by atoms with Crippen LogP contribution in [0.4, 0.5) is 16.2 Å². The van der Waals surface area contributed by atoms with Crippen LogP contribution in [0.2, 0.25) is 0 Å². The Morgan fingerprint density at radius 1 is 0.785 bits per heavy atom. The number of carbonyl (C=O) groups is 1. The van der Waals surface area contributed by atoms with Gasteiger partial charge in [0.15, 0.2) is 5.60 Å². The molecule has 5 aromatic carbocycles. The summed E-state index contributed by atoms with van der Waals surface area (Å²) in [5.41, 5.74) is 13.4. The number of hydrogen-bond acceptors (Lipinski definition) is 7. The van der Waals surface area contributed by atoms with Crippen LogP contribution >= 0.6 is 0 Å². The van der Waals surface area contributed by atoms with Crippen molar-refractivity contribution >= 4 is 34.3 Å². The number of anilines is 2. The molecule has 13 rings (SSSR count). The highest BCUT2D eigenvalue weighted by Gasteiger charge is 2.59. The van der Waals surface area contributed by atoms with E-state index in [1.165, 1.54) is 90.4 Å². The third-order valence-electron chi connectivity index (χ3n) is 21.7. The normalized spacial score (nSPS) is 29.4. The molecule has 0 radical (unpaired) electrons. The molecular weight excluding hydrogens is 975 g/mol. The molecule has 5 aromatic rings. The number of methoxy groups -OCH3 is 1. The molecule has 1 amide bonds. The van der Waals surface area contributed by atoms with Crippen LogP contribution in [0.15, 0.2) is 121 Å². The van der Waals surface area contributed by atoms with Crippen molar-refractivity contribution < 1.29 is 23.7 Å². The van der Waals surface area contributed by atoms with E-state index in [0.29, 0.717) is 24.4 Å². The third-order valence-corrected chi connectivity index (χ3v) is 21.7. The molecular formula is C71H85N3O5. The van der Waals surface area contributed by atoms with E-state index in [2.05, 4.69) is 148 Å². The van der Waals surface area contributed by atoms with Crippen LogP contribution < -0.4 is 19.3 Å². The first-order valence-electron chi connectivity index (χ1n) is 30.5. The topological polar surface area (TPSA) is 63.7 Å². The number of fused-ring (bicyclic) bond motifs is 13. The Bertz CT molecular complexity index is 3210. The molecule has 5 aliphatic carbocycles. The van der Waals surface area contributed by atoms with Gasteiger partial charge in [-0.15, -0.1) is 0 Å². The van der Waals surface area contributed by atoms with Gasteiger partial charge in [-0.2, -0.15) is 0 Å². The maximum Gasteiger partial charge on any atom is 0.410 e. The second-order valence-electron chi connectivity index (χ2n) is 26.5. The first-order valence-corrected chi connectivity index (χ1v) is 30.5. The zero-order valence-electron chi connectivity index (χ0n) is 48.4. The minimum absolute atomic E-state index is 0.0489. The van der Waals surface area contributed by atoms with Crippen molar-refractivity contribution in [2.75, 3.05) is 69.4 Å². The van der Waals surface area contributed by atoms with Gasteiger partial charge in [0.05, 0.1) is 20.3 Å². The molecule has 5 fully saturated rings. The molecule has 79 heavy (non-hydrogen) atoms. The highest BCUT2D eigenvalue weighted by atomic mass is 16.6. The summed E-state index contributed by atoms with van der Waals surface area (Å²) >= 11 is 0. The maximum atomic E-state index is 14.1.